The Bertz CT molecular complexity index is 1240. The van der Waals surface area contributed by atoms with Gasteiger partial charge < -0.3 is 14.7 Å². The average molecular weight is 524 g/mol. The second-order valence-corrected chi connectivity index (χ2v) is 11.2. The molecule has 2 fully saturated rings. The Morgan fingerprint density at radius 3 is 2.11 bits per heavy atom. The van der Waals surface area contributed by atoms with Gasteiger partial charge in [0.05, 0.1) is 11.6 Å². The van der Waals surface area contributed by atoms with Crippen LogP contribution in [0.5, 0.6) is 5.75 Å². The van der Waals surface area contributed by atoms with Crippen molar-refractivity contribution in [2.75, 3.05) is 37.6 Å². The first-order valence-corrected chi connectivity index (χ1v) is 13.9. The van der Waals surface area contributed by atoms with Crippen molar-refractivity contribution in [1.29, 1.82) is 5.26 Å². The molecule has 1 aliphatic heterocycles. The number of aliphatic hydroxyl groups is 1. The summed E-state index contributed by atoms with van der Waals surface area (Å²) in [5.74, 6) is 1.34. The van der Waals surface area contributed by atoms with Gasteiger partial charge in [0.1, 0.15) is 23.3 Å². The van der Waals surface area contributed by atoms with E-state index in [2.05, 4.69) is 15.9 Å². The summed E-state index contributed by atoms with van der Waals surface area (Å²) in [6.45, 7) is 10.9. The fraction of sp³-hybridized carbons (Fsp3) is 0.621. The van der Waals surface area contributed by atoms with Crippen molar-refractivity contribution in [3.8, 4) is 11.8 Å². The van der Waals surface area contributed by atoms with E-state index in [1.165, 1.54) is 4.57 Å². The zero-order valence-corrected chi connectivity index (χ0v) is 23.1. The van der Waals surface area contributed by atoms with Crippen LogP contribution in [-0.2, 0) is 0 Å². The fourth-order valence-electron chi connectivity index (χ4n) is 5.82. The number of aliphatic hydroxyl groups excluding tert-OH is 1. The molecule has 0 amide bonds. The summed E-state index contributed by atoms with van der Waals surface area (Å²) in [7, 11) is 0. The van der Waals surface area contributed by atoms with E-state index in [9.17, 15) is 14.7 Å². The van der Waals surface area contributed by atoms with Crippen LogP contribution in [0, 0.1) is 11.3 Å². The lowest BCUT2D eigenvalue weighted by Gasteiger charge is -2.44. The lowest BCUT2D eigenvalue weighted by atomic mass is 9.80. The largest absolute Gasteiger partial charge is 0.485 e. The maximum Gasteiger partial charge on any atom is 0.333 e. The van der Waals surface area contributed by atoms with Gasteiger partial charge in [0.25, 0.3) is 5.56 Å². The monoisotopic (exact) mass is 523 g/mol. The van der Waals surface area contributed by atoms with E-state index in [1.54, 1.807) is 22.8 Å². The maximum atomic E-state index is 13.2. The summed E-state index contributed by atoms with van der Waals surface area (Å²) in [4.78, 5) is 30.3. The molecule has 9 heteroatoms. The van der Waals surface area contributed by atoms with Gasteiger partial charge in [-0.25, -0.2) is 4.79 Å². The van der Waals surface area contributed by atoms with Gasteiger partial charge in [-0.05, 0) is 77.6 Å². The summed E-state index contributed by atoms with van der Waals surface area (Å²) in [6, 6.07) is 10.5. The molecular formula is C29H41N5O4. The predicted octanol–water partition coefficient (Wildman–Crippen LogP) is 3.31. The summed E-state index contributed by atoms with van der Waals surface area (Å²) in [5, 5.41) is 20.6. The molecule has 1 atom stereocenters. The number of hydrogen-bond acceptors (Lipinski definition) is 7. The van der Waals surface area contributed by atoms with Crippen LogP contribution in [0.15, 0.2) is 39.9 Å². The van der Waals surface area contributed by atoms with Crippen LogP contribution in [0.3, 0.4) is 0 Å². The minimum atomic E-state index is -0.659. The summed E-state index contributed by atoms with van der Waals surface area (Å²) in [6.07, 6.45) is 4.08. The molecule has 38 heavy (non-hydrogen) atoms. The Kier molecular flexibility index (Phi) is 8.64. The molecule has 1 aliphatic carbocycles. The van der Waals surface area contributed by atoms with Crippen LogP contribution in [0.2, 0.25) is 0 Å². The van der Waals surface area contributed by atoms with Gasteiger partial charge in [-0.1, -0.05) is 6.42 Å². The van der Waals surface area contributed by atoms with Gasteiger partial charge >= 0.3 is 5.69 Å². The predicted molar refractivity (Wildman–Crippen MR) is 148 cm³/mol. The minimum absolute atomic E-state index is 0.0755. The minimum Gasteiger partial charge on any atom is -0.485 e. The second-order valence-electron chi connectivity index (χ2n) is 11.2. The van der Waals surface area contributed by atoms with Crippen LogP contribution in [0.4, 0.5) is 5.82 Å². The quantitative estimate of drug-likeness (QED) is 0.566. The van der Waals surface area contributed by atoms with Gasteiger partial charge in [-0.2, -0.15) is 5.26 Å². The third kappa shape index (κ3) is 5.82. The van der Waals surface area contributed by atoms with Crippen molar-refractivity contribution in [2.45, 2.75) is 83.6 Å². The lowest BCUT2D eigenvalue weighted by molar-refractivity contribution is -0.0885. The molecule has 2 aromatic rings. The third-order valence-corrected chi connectivity index (χ3v) is 7.92. The third-order valence-electron chi connectivity index (χ3n) is 7.92. The molecule has 4 rings (SSSR count). The molecule has 1 aromatic heterocycles. The molecule has 9 nitrogen and oxygen atoms in total. The first kappa shape index (κ1) is 27.9. The molecule has 0 spiro atoms. The first-order valence-electron chi connectivity index (χ1n) is 13.9. The number of β-amino-alcohol motifs (C(OH)–C–C–N with tert-alkyl or cyclic N) is 1. The second kappa shape index (κ2) is 11.7. The molecular weight excluding hydrogens is 482 g/mol. The molecule has 206 valence electrons. The van der Waals surface area contributed by atoms with Crippen molar-refractivity contribution < 1.29 is 9.84 Å². The topological polar surface area (TPSA) is 104 Å². The van der Waals surface area contributed by atoms with Gasteiger partial charge in [0, 0.05) is 50.9 Å². The van der Waals surface area contributed by atoms with Crippen LogP contribution in [0.25, 0.3) is 0 Å². The number of aromatic nitrogens is 2. The van der Waals surface area contributed by atoms with E-state index >= 15 is 0 Å². The van der Waals surface area contributed by atoms with Crippen LogP contribution in [0.1, 0.15) is 77.4 Å². The van der Waals surface area contributed by atoms with Crippen LogP contribution >= 0.6 is 0 Å². The molecule has 1 unspecified atom stereocenters. The van der Waals surface area contributed by atoms with Gasteiger partial charge in [-0.15, -0.1) is 0 Å². The summed E-state index contributed by atoms with van der Waals surface area (Å²) in [5.41, 5.74) is -0.607. The average Bonchev–Trinajstić information content (AvgIpc) is 2.89. The zero-order valence-electron chi connectivity index (χ0n) is 23.1. The highest BCUT2D eigenvalue weighted by Gasteiger charge is 2.42. The van der Waals surface area contributed by atoms with Crippen molar-refractivity contribution in [3.05, 3.63) is 56.7 Å². The first-order chi connectivity index (χ1) is 18.1. The number of ether oxygens (including phenoxy) is 1. The van der Waals surface area contributed by atoms with Crippen molar-refractivity contribution >= 4 is 5.82 Å². The van der Waals surface area contributed by atoms with Crippen molar-refractivity contribution in [2.24, 2.45) is 0 Å². The molecule has 0 radical (unpaired) electrons. The number of hydrogen-bond donors (Lipinski definition) is 1. The summed E-state index contributed by atoms with van der Waals surface area (Å²) >= 11 is 0. The zero-order chi connectivity index (χ0) is 27.4. The Hall–Kier alpha value is -3.09. The molecule has 1 saturated heterocycles. The molecule has 2 aliphatic rings. The van der Waals surface area contributed by atoms with E-state index in [0.29, 0.717) is 49.9 Å². The summed E-state index contributed by atoms with van der Waals surface area (Å²) < 4.78 is 9.49. The fourth-order valence-corrected chi connectivity index (χ4v) is 5.82. The lowest BCUT2D eigenvalue weighted by Crippen LogP contribution is -2.57. The van der Waals surface area contributed by atoms with Crippen molar-refractivity contribution in [1.82, 2.24) is 14.0 Å². The van der Waals surface area contributed by atoms with Crippen LogP contribution in [-0.4, -0.2) is 63.6 Å². The Morgan fingerprint density at radius 1 is 0.947 bits per heavy atom. The van der Waals surface area contributed by atoms with E-state index in [0.717, 1.165) is 32.1 Å². The standard InChI is InChI=1S/C29H41N5O4/c1-21(2)33-26(18-27(36)34(22(3)4)28(33)37)32-16-14-31(15-17-32)20-25(35)29(12-6-5-7-13-29)38-24-10-8-23(19-30)9-11-24/h8-11,18,21-22,25,35H,5-7,12-17,20H2,1-4H3. The molecule has 2 heterocycles. The van der Waals surface area contributed by atoms with Gasteiger partial charge in [0.15, 0.2) is 0 Å². The molecule has 1 aromatic carbocycles. The van der Waals surface area contributed by atoms with Crippen molar-refractivity contribution in [3.63, 3.8) is 0 Å². The normalized spacial score (nSPS) is 18.9. The molecule has 0 bridgehead atoms. The Balaban J connectivity index is 1.46. The van der Waals surface area contributed by atoms with E-state index in [-0.39, 0.29) is 23.3 Å². The van der Waals surface area contributed by atoms with E-state index < -0.39 is 11.7 Å². The number of nitriles is 1. The number of nitrogens with zero attached hydrogens (tertiary/aromatic N) is 5. The number of anilines is 1. The highest BCUT2D eigenvalue weighted by Crippen LogP contribution is 2.36. The highest BCUT2D eigenvalue weighted by atomic mass is 16.5. The van der Waals surface area contributed by atoms with E-state index in [1.807, 2.05) is 39.8 Å². The Labute approximate surface area is 224 Å². The Morgan fingerprint density at radius 2 is 1.55 bits per heavy atom. The maximum absolute atomic E-state index is 13.2. The van der Waals surface area contributed by atoms with Crippen LogP contribution < -0.4 is 20.9 Å². The number of piperazine rings is 1. The SMILES string of the molecule is CC(C)n1c(N2CCN(CC(O)C3(Oc4ccc(C#N)cc4)CCCCC3)CC2)cc(=O)n(C(C)C)c1=O. The van der Waals surface area contributed by atoms with Gasteiger partial charge in [0.2, 0.25) is 0 Å². The number of rotatable bonds is 8. The van der Waals surface area contributed by atoms with E-state index in [4.69, 9.17) is 10.00 Å². The molecule has 1 saturated carbocycles. The smallest absolute Gasteiger partial charge is 0.333 e. The van der Waals surface area contributed by atoms with Gasteiger partial charge in [-0.3, -0.25) is 18.8 Å². The molecule has 1 N–H and O–H groups in total. The highest BCUT2D eigenvalue weighted by molar-refractivity contribution is 5.40. The number of benzene rings is 1.